The molecule has 0 aliphatic carbocycles. The highest BCUT2D eigenvalue weighted by molar-refractivity contribution is 5.28. The summed E-state index contributed by atoms with van der Waals surface area (Å²) in [6, 6.07) is 18.7. The van der Waals surface area contributed by atoms with Gasteiger partial charge in [0, 0.05) is 0 Å². The van der Waals surface area contributed by atoms with Crippen molar-refractivity contribution in [2.45, 2.75) is 33.3 Å². The summed E-state index contributed by atoms with van der Waals surface area (Å²) in [5.41, 5.74) is 2.55. The first kappa shape index (κ1) is 15.4. The largest absolute Gasteiger partial charge is 0.489 e. The van der Waals surface area contributed by atoms with Crippen LogP contribution in [0.3, 0.4) is 0 Å². The van der Waals surface area contributed by atoms with Gasteiger partial charge >= 0.3 is 0 Å². The van der Waals surface area contributed by atoms with E-state index in [4.69, 9.17) is 4.74 Å². The van der Waals surface area contributed by atoms with Crippen LogP contribution in [0.2, 0.25) is 0 Å². The number of allylic oxidation sites excluding steroid dienone is 2. The summed E-state index contributed by atoms with van der Waals surface area (Å²) in [6.07, 6.45) is 6.72. The zero-order valence-corrected chi connectivity index (χ0v) is 13.0. The van der Waals surface area contributed by atoms with Crippen LogP contribution in [-0.2, 0) is 13.0 Å². The van der Waals surface area contributed by atoms with Gasteiger partial charge in [0.05, 0.1) is 0 Å². The predicted molar refractivity (Wildman–Crippen MR) is 89.5 cm³/mol. The lowest BCUT2D eigenvalue weighted by molar-refractivity contribution is 0.306. The molecule has 1 unspecified atom stereocenters. The molecule has 110 valence electrons. The summed E-state index contributed by atoms with van der Waals surface area (Å²) in [4.78, 5) is 0. The molecule has 0 aliphatic heterocycles. The number of hydrogen-bond acceptors (Lipinski definition) is 1. The second-order valence-corrected chi connectivity index (χ2v) is 5.44. The molecule has 0 heterocycles. The molecule has 0 spiro atoms. The van der Waals surface area contributed by atoms with E-state index in [1.165, 1.54) is 11.1 Å². The monoisotopic (exact) mass is 280 g/mol. The Morgan fingerprint density at radius 1 is 0.952 bits per heavy atom. The van der Waals surface area contributed by atoms with Gasteiger partial charge in [-0.3, -0.25) is 0 Å². The Morgan fingerprint density at radius 3 is 2.33 bits per heavy atom. The smallest absolute Gasteiger partial charge is 0.119 e. The van der Waals surface area contributed by atoms with Gasteiger partial charge in [-0.15, -0.1) is 0 Å². The highest BCUT2D eigenvalue weighted by atomic mass is 16.5. The maximum Gasteiger partial charge on any atom is 0.119 e. The van der Waals surface area contributed by atoms with Gasteiger partial charge in [-0.05, 0) is 42.0 Å². The van der Waals surface area contributed by atoms with Gasteiger partial charge in [-0.25, -0.2) is 0 Å². The van der Waals surface area contributed by atoms with Crippen molar-refractivity contribution in [1.29, 1.82) is 0 Å². The molecule has 0 aliphatic rings. The van der Waals surface area contributed by atoms with Crippen LogP contribution in [0.15, 0.2) is 66.7 Å². The first-order valence-electron chi connectivity index (χ1n) is 7.70. The minimum absolute atomic E-state index is 0.584. The van der Waals surface area contributed by atoms with Crippen LogP contribution < -0.4 is 4.74 Å². The first-order chi connectivity index (χ1) is 10.3. The van der Waals surface area contributed by atoms with E-state index in [-0.39, 0.29) is 0 Å². The van der Waals surface area contributed by atoms with Crippen LogP contribution in [0, 0.1) is 5.92 Å². The van der Waals surface area contributed by atoms with E-state index in [2.05, 4.69) is 62.4 Å². The summed E-state index contributed by atoms with van der Waals surface area (Å²) < 4.78 is 5.80. The molecule has 2 aromatic rings. The lowest BCUT2D eigenvalue weighted by Gasteiger charge is -2.09. The Bertz CT molecular complexity index is 540. The maximum absolute atomic E-state index is 5.80. The average Bonchev–Trinajstić information content (AvgIpc) is 2.53. The number of hydrogen-bond donors (Lipinski definition) is 0. The molecule has 1 heteroatoms. The van der Waals surface area contributed by atoms with Gasteiger partial charge in [0.1, 0.15) is 12.4 Å². The Balaban J connectivity index is 1.85. The van der Waals surface area contributed by atoms with E-state index in [0.717, 1.165) is 18.6 Å². The number of benzene rings is 2. The van der Waals surface area contributed by atoms with Crippen molar-refractivity contribution in [2.75, 3.05) is 0 Å². The molecular formula is C20H24O. The fraction of sp³-hybridized carbons (Fsp3) is 0.300. The van der Waals surface area contributed by atoms with Crippen LogP contribution in [0.4, 0.5) is 0 Å². The Labute approximate surface area is 128 Å². The van der Waals surface area contributed by atoms with Crippen LogP contribution >= 0.6 is 0 Å². The molecule has 0 aromatic heterocycles. The highest BCUT2D eigenvalue weighted by Gasteiger charge is 2.01. The molecule has 21 heavy (non-hydrogen) atoms. The summed E-state index contributed by atoms with van der Waals surface area (Å²) in [6.45, 7) is 5.05. The molecule has 2 rings (SSSR count). The van der Waals surface area contributed by atoms with E-state index in [1.54, 1.807) is 0 Å². The van der Waals surface area contributed by atoms with Crippen LogP contribution in [-0.4, -0.2) is 0 Å². The molecule has 0 bridgehead atoms. The molecular weight excluding hydrogens is 256 g/mol. The Morgan fingerprint density at radius 2 is 1.67 bits per heavy atom. The molecule has 0 saturated heterocycles. The second-order valence-electron chi connectivity index (χ2n) is 5.44. The molecule has 1 atom stereocenters. The van der Waals surface area contributed by atoms with Crippen molar-refractivity contribution in [3.8, 4) is 5.75 Å². The standard InChI is InChI=1S/C20H24O/c1-3-4-8-17(2)15-18-11-13-20(14-12-18)21-16-19-9-6-5-7-10-19/h4-14,17H,3,15-16H2,1-2H3/b8-4-. The maximum atomic E-state index is 5.80. The number of ether oxygens (including phenoxy) is 1. The molecule has 0 saturated carbocycles. The van der Waals surface area contributed by atoms with E-state index >= 15 is 0 Å². The fourth-order valence-electron chi connectivity index (χ4n) is 2.27. The van der Waals surface area contributed by atoms with Crippen molar-refractivity contribution in [2.24, 2.45) is 5.92 Å². The molecule has 0 amide bonds. The lowest BCUT2D eigenvalue weighted by atomic mass is 10.0. The number of rotatable bonds is 7. The minimum atomic E-state index is 0.584. The lowest BCUT2D eigenvalue weighted by Crippen LogP contribution is -1.97. The Hall–Kier alpha value is -2.02. The minimum Gasteiger partial charge on any atom is -0.489 e. The molecule has 2 aromatic carbocycles. The first-order valence-corrected chi connectivity index (χ1v) is 7.70. The van der Waals surface area contributed by atoms with Gasteiger partial charge in [-0.2, -0.15) is 0 Å². The summed E-state index contributed by atoms with van der Waals surface area (Å²) in [5, 5.41) is 0. The van der Waals surface area contributed by atoms with Gasteiger partial charge in [-0.1, -0.05) is 68.5 Å². The molecule has 0 radical (unpaired) electrons. The summed E-state index contributed by atoms with van der Waals surface area (Å²) in [7, 11) is 0. The van der Waals surface area contributed by atoms with Crippen LogP contribution in [0.5, 0.6) is 5.75 Å². The topological polar surface area (TPSA) is 9.23 Å². The van der Waals surface area contributed by atoms with E-state index in [9.17, 15) is 0 Å². The van der Waals surface area contributed by atoms with Crippen LogP contribution in [0.25, 0.3) is 0 Å². The van der Waals surface area contributed by atoms with Crippen LogP contribution in [0.1, 0.15) is 31.4 Å². The van der Waals surface area contributed by atoms with E-state index in [1.807, 2.05) is 18.2 Å². The van der Waals surface area contributed by atoms with E-state index < -0.39 is 0 Å². The summed E-state index contributed by atoms with van der Waals surface area (Å²) in [5.74, 6) is 1.51. The van der Waals surface area contributed by atoms with E-state index in [0.29, 0.717) is 12.5 Å². The third kappa shape index (κ3) is 5.47. The zero-order valence-electron chi connectivity index (χ0n) is 13.0. The van der Waals surface area contributed by atoms with Gasteiger partial charge in [0.25, 0.3) is 0 Å². The molecule has 0 fully saturated rings. The normalized spacial score (nSPS) is 12.5. The predicted octanol–water partition coefficient (Wildman–Crippen LogP) is 5.41. The second kappa shape index (κ2) is 8.31. The van der Waals surface area contributed by atoms with Crippen molar-refractivity contribution in [3.63, 3.8) is 0 Å². The summed E-state index contributed by atoms with van der Waals surface area (Å²) >= 11 is 0. The molecule has 1 nitrogen and oxygen atoms in total. The quantitative estimate of drug-likeness (QED) is 0.616. The van der Waals surface area contributed by atoms with Gasteiger partial charge in [0.15, 0.2) is 0 Å². The fourth-order valence-corrected chi connectivity index (χ4v) is 2.27. The van der Waals surface area contributed by atoms with Crippen molar-refractivity contribution in [3.05, 3.63) is 77.9 Å². The van der Waals surface area contributed by atoms with Gasteiger partial charge in [0.2, 0.25) is 0 Å². The highest BCUT2D eigenvalue weighted by Crippen LogP contribution is 2.17. The SMILES string of the molecule is CC/C=C\C(C)Cc1ccc(OCc2ccccc2)cc1. The van der Waals surface area contributed by atoms with Crippen molar-refractivity contribution >= 4 is 0 Å². The zero-order chi connectivity index (χ0) is 14.9. The van der Waals surface area contributed by atoms with Crippen molar-refractivity contribution < 1.29 is 4.74 Å². The third-order valence-electron chi connectivity index (χ3n) is 3.43. The van der Waals surface area contributed by atoms with Crippen molar-refractivity contribution in [1.82, 2.24) is 0 Å². The average molecular weight is 280 g/mol. The van der Waals surface area contributed by atoms with Gasteiger partial charge < -0.3 is 4.74 Å². The Kier molecular flexibility index (Phi) is 6.08. The third-order valence-corrected chi connectivity index (χ3v) is 3.43. The molecule has 0 N–H and O–H groups in total.